The molecule has 0 fully saturated rings. The molecule has 2 unspecified atom stereocenters. The second kappa shape index (κ2) is 5.77. The number of nitrogens with zero attached hydrogens (tertiary/aromatic N) is 1. The maximum Gasteiger partial charge on any atom is 0.274 e. The third kappa shape index (κ3) is 4.13. The van der Waals surface area contributed by atoms with Crippen LogP contribution in [0.3, 0.4) is 0 Å². The lowest BCUT2D eigenvalue weighted by Gasteiger charge is -2.11. The second-order valence-corrected chi connectivity index (χ2v) is 1.91. The Labute approximate surface area is 66.7 Å². The molecule has 0 spiro atoms. The molecule has 0 heterocycles. The van der Waals surface area contributed by atoms with E-state index in [-0.39, 0.29) is 13.0 Å². The summed E-state index contributed by atoms with van der Waals surface area (Å²) in [6, 6.07) is 1.59. The van der Waals surface area contributed by atoms with Crippen molar-refractivity contribution < 1.29 is 22.3 Å². The molecule has 70 valence electrons. The average Bonchev–Trinajstić information content (AvgIpc) is 2.03. The minimum Gasteiger partial charge on any atom is -0.345 e. The molecule has 0 aliphatic carbocycles. The molecule has 12 heavy (non-hydrogen) atoms. The van der Waals surface area contributed by atoms with Crippen molar-refractivity contribution in [3.05, 3.63) is 0 Å². The van der Waals surface area contributed by atoms with E-state index in [9.17, 15) is 17.6 Å². The van der Waals surface area contributed by atoms with Gasteiger partial charge in [-0.1, -0.05) is 0 Å². The van der Waals surface area contributed by atoms with Gasteiger partial charge < -0.3 is 4.74 Å². The maximum atomic E-state index is 12.2. The lowest BCUT2D eigenvalue weighted by Crippen LogP contribution is -2.27. The Morgan fingerprint density at radius 2 is 1.83 bits per heavy atom. The summed E-state index contributed by atoms with van der Waals surface area (Å²) in [6.07, 6.45) is -9.15. The van der Waals surface area contributed by atoms with E-state index in [4.69, 9.17) is 5.26 Å². The average molecular weight is 185 g/mol. The van der Waals surface area contributed by atoms with Crippen molar-refractivity contribution in [2.75, 3.05) is 6.61 Å². The van der Waals surface area contributed by atoms with Crippen LogP contribution in [0.4, 0.5) is 17.6 Å². The monoisotopic (exact) mass is 185 g/mol. The van der Waals surface area contributed by atoms with Crippen molar-refractivity contribution in [1.82, 2.24) is 0 Å². The van der Waals surface area contributed by atoms with Crippen LogP contribution in [0, 0.1) is 11.3 Å². The van der Waals surface area contributed by atoms with Crippen LogP contribution in [-0.4, -0.2) is 25.6 Å². The molecule has 2 nitrogen and oxygen atoms in total. The lowest BCUT2D eigenvalue weighted by atomic mass is 10.4. The van der Waals surface area contributed by atoms with Gasteiger partial charge in [-0.3, -0.25) is 0 Å². The van der Waals surface area contributed by atoms with Crippen LogP contribution in [0.2, 0.25) is 0 Å². The normalized spacial score (nSPS) is 15.7. The zero-order chi connectivity index (χ0) is 9.56. The van der Waals surface area contributed by atoms with Crippen LogP contribution >= 0.6 is 0 Å². The second-order valence-electron chi connectivity index (χ2n) is 1.91. The minimum absolute atomic E-state index is 0.156. The van der Waals surface area contributed by atoms with Gasteiger partial charge in [-0.05, 0) is 0 Å². The van der Waals surface area contributed by atoms with Crippen molar-refractivity contribution in [2.24, 2.45) is 0 Å². The number of hydrogen-bond donors (Lipinski definition) is 0. The van der Waals surface area contributed by atoms with E-state index in [1.54, 1.807) is 6.07 Å². The van der Waals surface area contributed by atoms with Gasteiger partial charge in [0.15, 0.2) is 0 Å². The third-order valence-corrected chi connectivity index (χ3v) is 0.982. The van der Waals surface area contributed by atoms with Gasteiger partial charge in [0.1, 0.15) is 0 Å². The van der Waals surface area contributed by atoms with Crippen LogP contribution in [0.25, 0.3) is 0 Å². The first kappa shape index (κ1) is 11.2. The van der Waals surface area contributed by atoms with Crippen molar-refractivity contribution in [1.29, 1.82) is 5.26 Å². The van der Waals surface area contributed by atoms with E-state index in [1.807, 2.05) is 0 Å². The number of rotatable bonds is 5. The Kier molecular flexibility index (Phi) is 5.37. The highest BCUT2D eigenvalue weighted by Gasteiger charge is 2.30. The molecule has 0 saturated heterocycles. The first-order chi connectivity index (χ1) is 5.59. The minimum atomic E-state index is -3.40. The predicted octanol–water partition coefficient (Wildman–Crippen LogP) is 1.82. The summed E-state index contributed by atoms with van der Waals surface area (Å²) in [7, 11) is 0. The summed E-state index contributed by atoms with van der Waals surface area (Å²) >= 11 is 0. The van der Waals surface area contributed by atoms with Gasteiger partial charge in [-0.25, -0.2) is 17.6 Å². The van der Waals surface area contributed by atoms with Gasteiger partial charge in [0.25, 0.3) is 6.43 Å². The number of halogens is 4. The van der Waals surface area contributed by atoms with Gasteiger partial charge in [0.05, 0.1) is 19.1 Å². The molecular weight excluding hydrogens is 178 g/mol. The van der Waals surface area contributed by atoms with Gasteiger partial charge in [0.2, 0.25) is 12.5 Å². The fourth-order valence-corrected chi connectivity index (χ4v) is 0.423. The molecule has 2 atom stereocenters. The molecule has 0 saturated carbocycles. The van der Waals surface area contributed by atoms with E-state index >= 15 is 0 Å². The predicted molar refractivity (Wildman–Crippen MR) is 32.0 cm³/mol. The van der Waals surface area contributed by atoms with Crippen LogP contribution < -0.4 is 0 Å². The summed E-state index contributed by atoms with van der Waals surface area (Å²) in [4.78, 5) is 0. The SMILES string of the molecule is N#CCCOC(F)C(F)C(F)F. The maximum absolute atomic E-state index is 12.2. The molecule has 0 amide bonds. The first-order valence-electron chi connectivity index (χ1n) is 3.14. The highest BCUT2D eigenvalue weighted by molar-refractivity contribution is 4.68. The number of nitriles is 1. The van der Waals surface area contributed by atoms with Gasteiger partial charge >= 0.3 is 0 Å². The molecule has 0 rings (SSSR count). The standard InChI is InChI=1S/C6H7F4NO/c7-4(5(8)9)6(10)12-3-1-2-11/h4-6H,1,3H2. The molecule has 0 aromatic rings. The Morgan fingerprint density at radius 3 is 2.25 bits per heavy atom. The highest BCUT2D eigenvalue weighted by atomic mass is 19.3. The first-order valence-corrected chi connectivity index (χ1v) is 3.14. The van der Waals surface area contributed by atoms with Crippen molar-refractivity contribution in [3.63, 3.8) is 0 Å². The Bertz CT molecular complexity index is 158. The smallest absolute Gasteiger partial charge is 0.274 e. The number of ether oxygens (including phenoxy) is 1. The van der Waals surface area contributed by atoms with Crippen LogP contribution in [0.5, 0.6) is 0 Å². The molecule has 0 aliphatic heterocycles. The van der Waals surface area contributed by atoms with E-state index in [0.29, 0.717) is 0 Å². The fourth-order valence-electron chi connectivity index (χ4n) is 0.423. The van der Waals surface area contributed by atoms with Crippen LogP contribution in [-0.2, 0) is 4.74 Å². The quantitative estimate of drug-likeness (QED) is 0.483. The molecule has 0 aromatic heterocycles. The van der Waals surface area contributed by atoms with Crippen molar-refractivity contribution >= 4 is 0 Å². The van der Waals surface area contributed by atoms with Gasteiger partial charge in [0, 0.05) is 0 Å². The zero-order valence-electron chi connectivity index (χ0n) is 6.01. The van der Waals surface area contributed by atoms with E-state index in [1.165, 1.54) is 0 Å². The number of alkyl halides is 4. The lowest BCUT2D eigenvalue weighted by molar-refractivity contribution is -0.126. The van der Waals surface area contributed by atoms with Crippen LogP contribution in [0.1, 0.15) is 6.42 Å². The van der Waals surface area contributed by atoms with Gasteiger partial charge in [-0.2, -0.15) is 5.26 Å². The Morgan fingerprint density at radius 1 is 1.25 bits per heavy atom. The van der Waals surface area contributed by atoms with Crippen molar-refractivity contribution in [2.45, 2.75) is 25.4 Å². The highest BCUT2D eigenvalue weighted by Crippen LogP contribution is 2.14. The largest absolute Gasteiger partial charge is 0.345 e. The van der Waals surface area contributed by atoms with Crippen molar-refractivity contribution in [3.8, 4) is 6.07 Å². The van der Waals surface area contributed by atoms with Gasteiger partial charge in [-0.15, -0.1) is 0 Å². The summed E-state index contributed by atoms with van der Waals surface area (Å²) in [5.74, 6) is 0. The molecular formula is C6H7F4NO. The molecule has 6 heteroatoms. The molecule has 0 radical (unpaired) electrons. The third-order valence-electron chi connectivity index (χ3n) is 0.982. The fraction of sp³-hybridized carbons (Fsp3) is 0.833. The Balaban J connectivity index is 3.58. The summed E-state index contributed by atoms with van der Waals surface area (Å²) in [6.45, 7) is -0.384. The summed E-state index contributed by atoms with van der Waals surface area (Å²) in [5, 5.41) is 7.93. The summed E-state index contributed by atoms with van der Waals surface area (Å²) in [5.41, 5.74) is 0. The number of hydrogen-bond acceptors (Lipinski definition) is 2. The van der Waals surface area contributed by atoms with E-state index in [2.05, 4.69) is 4.74 Å². The topological polar surface area (TPSA) is 33.0 Å². The van der Waals surface area contributed by atoms with E-state index in [0.717, 1.165) is 0 Å². The summed E-state index contributed by atoms with van der Waals surface area (Å²) < 4.78 is 51.0. The van der Waals surface area contributed by atoms with E-state index < -0.39 is 19.0 Å². The molecule has 0 aliphatic rings. The molecule has 0 aromatic carbocycles. The molecule has 0 N–H and O–H groups in total. The Hall–Kier alpha value is -0.830. The van der Waals surface area contributed by atoms with Crippen LogP contribution in [0.15, 0.2) is 0 Å². The zero-order valence-corrected chi connectivity index (χ0v) is 6.01. The molecule has 0 bridgehead atoms.